The third-order valence-corrected chi connectivity index (χ3v) is 7.56. The first-order valence-corrected chi connectivity index (χ1v) is 17.7. The predicted molar refractivity (Wildman–Crippen MR) is 162 cm³/mol. The van der Waals surface area contributed by atoms with Gasteiger partial charge in [-0.25, -0.2) is 0 Å². The van der Waals surface area contributed by atoms with Crippen molar-refractivity contribution >= 4 is 43.6 Å². The lowest BCUT2D eigenvalue weighted by atomic mass is 9.89. The van der Waals surface area contributed by atoms with Gasteiger partial charge in [-0.3, -0.25) is 19.2 Å². The Morgan fingerprint density at radius 1 is 0.814 bits per heavy atom. The number of carbonyl (C=O) groups is 4. The van der Waals surface area contributed by atoms with E-state index in [0.717, 1.165) is 16.7 Å². The van der Waals surface area contributed by atoms with Crippen LogP contribution in [0.5, 0.6) is 0 Å². The van der Waals surface area contributed by atoms with E-state index in [-0.39, 0.29) is 6.61 Å². The van der Waals surface area contributed by atoms with Gasteiger partial charge in [-0.05, 0) is 41.3 Å². The van der Waals surface area contributed by atoms with Crippen LogP contribution in [0.2, 0.25) is 24.7 Å². The number of carbonyl (C=O) groups excluding carboxylic acids is 4. The smallest absolute Gasteiger partial charge is 0.303 e. The average Bonchev–Trinajstić information content (AvgIpc) is 2.89. The van der Waals surface area contributed by atoms with Crippen molar-refractivity contribution in [3.05, 3.63) is 69.7 Å². The summed E-state index contributed by atoms with van der Waals surface area (Å²) in [5.74, 6) is 0.611. The van der Waals surface area contributed by atoms with Gasteiger partial charge in [0.05, 0.1) is 0 Å². The van der Waals surface area contributed by atoms with E-state index in [2.05, 4.69) is 31.1 Å². The molecular weight excluding hydrogens is 592 g/mol. The lowest BCUT2D eigenvalue weighted by molar-refractivity contribution is -0.254. The molecule has 9 nitrogen and oxygen atoms in total. The molecule has 2 aromatic rings. The van der Waals surface area contributed by atoms with Gasteiger partial charge in [-0.15, -0.1) is 5.54 Å². The van der Waals surface area contributed by atoms with Crippen LogP contribution < -0.4 is 0 Å². The van der Waals surface area contributed by atoms with Gasteiger partial charge in [0.25, 0.3) is 0 Å². The highest BCUT2D eigenvalue weighted by Gasteiger charge is 2.52. The minimum absolute atomic E-state index is 0.304. The highest BCUT2D eigenvalue weighted by atomic mass is 35.5. The molecule has 0 unspecified atom stereocenters. The Labute approximate surface area is 258 Å². The van der Waals surface area contributed by atoms with Crippen molar-refractivity contribution in [3.8, 4) is 11.5 Å². The Morgan fingerprint density at radius 3 is 1.95 bits per heavy atom. The fourth-order valence-corrected chi connectivity index (χ4v) is 5.29. The molecule has 43 heavy (non-hydrogen) atoms. The van der Waals surface area contributed by atoms with Gasteiger partial charge in [0, 0.05) is 38.3 Å². The molecule has 0 aromatic heterocycles. The summed E-state index contributed by atoms with van der Waals surface area (Å²) in [7, 11) is -1.50. The molecule has 0 amide bonds. The fourth-order valence-electron chi connectivity index (χ4n) is 4.59. The fraction of sp³-hybridized carbons (Fsp3) is 0.438. The standard InChI is InChI=1S/C32H37ClO9Si/c1-19(34)38-18-28-30(39-20(2)35)32(41-22(4)37)31(40-21(3)36)29(42-28)25-12-13-27(33)26(17-25)16-24-10-8-23(9-11-24)14-15-43(5,6)7/h8-13,17,28-32H,16,18H2,1-7H3/t28-,29+,30-,31+,32+/m1/s1. The summed E-state index contributed by atoms with van der Waals surface area (Å²) in [5, 5.41) is 0.511. The summed E-state index contributed by atoms with van der Waals surface area (Å²) in [6, 6.07) is 13.2. The number of hydrogen-bond donors (Lipinski definition) is 0. The molecule has 230 valence electrons. The van der Waals surface area contributed by atoms with Crippen LogP contribution >= 0.6 is 11.6 Å². The van der Waals surface area contributed by atoms with Gasteiger partial charge in [-0.1, -0.05) is 61.4 Å². The molecule has 11 heteroatoms. The zero-order valence-electron chi connectivity index (χ0n) is 25.4. The summed E-state index contributed by atoms with van der Waals surface area (Å²) in [6.07, 6.45) is -5.23. The first-order valence-electron chi connectivity index (χ1n) is 13.8. The van der Waals surface area contributed by atoms with Gasteiger partial charge in [0.1, 0.15) is 26.9 Å². The predicted octanol–water partition coefficient (Wildman–Crippen LogP) is 4.96. The van der Waals surface area contributed by atoms with E-state index in [1.165, 1.54) is 27.7 Å². The summed E-state index contributed by atoms with van der Waals surface area (Å²) < 4.78 is 28.1. The second kappa shape index (κ2) is 14.7. The number of benzene rings is 2. The van der Waals surface area contributed by atoms with E-state index >= 15 is 0 Å². The quantitative estimate of drug-likeness (QED) is 0.173. The maximum Gasteiger partial charge on any atom is 0.303 e. The minimum Gasteiger partial charge on any atom is -0.463 e. The molecule has 1 aliphatic rings. The Bertz CT molecular complexity index is 1400. The molecule has 3 rings (SSSR count). The van der Waals surface area contributed by atoms with Gasteiger partial charge in [0.2, 0.25) is 0 Å². The van der Waals surface area contributed by atoms with Crippen LogP contribution in [0.1, 0.15) is 56.1 Å². The Balaban J connectivity index is 2.01. The molecule has 1 saturated heterocycles. The molecule has 0 spiro atoms. The summed E-state index contributed by atoms with van der Waals surface area (Å²) in [4.78, 5) is 48.0. The molecule has 0 radical (unpaired) electrons. The third-order valence-electron chi connectivity index (χ3n) is 6.32. The van der Waals surface area contributed by atoms with Crippen LogP contribution in [0.3, 0.4) is 0 Å². The van der Waals surface area contributed by atoms with Gasteiger partial charge >= 0.3 is 23.9 Å². The largest absolute Gasteiger partial charge is 0.463 e. The van der Waals surface area contributed by atoms with Crippen LogP contribution in [0.15, 0.2) is 42.5 Å². The lowest BCUT2D eigenvalue weighted by Crippen LogP contribution is -2.59. The molecule has 1 heterocycles. The molecule has 0 saturated carbocycles. The molecule has 1 fully saturated rings. The van der Waals surface area contributed by atoms with Crippen molar-refractivity contribution in [2.75, 3.05) is 6.61 Å². The van der Waals surface area contributed by atoms with Gasteiger partial charge in [-0.2, -0.15) is 0 Å². The molecule has 0 bridgehead atoms. The highest BCUT2D eigenvalue weighted by Crippen LogP contribution is 2.39. The topological polar surface area (TPSA) is 114 Å². The lowest BCUT2D eigenvalue weighted by Gasteiger charge is -2.44. The Hall–Kier alpha value is -3.65. The van der Waals surface area contributed by atoms with Crippen LogP contribution in [-0.4, -0.2) is 63.0 Å². The van der Waals surface area contributed by atoms with Crippen LogP contribution in [0.4, 0.5) is 0 Å². The summed E-state index contributed by atoms with van der Waals surface area (Å²) in [6.45, 7) is 11.1. The van der Waals surface area contributed by atoms with Crippen molar-refractivity contribution in [2.24, 2.45) is 0 Å². The normalized spacial score (nSPS) is 21.5. The number of rotatable bonds is 8. The summed E-state index contributed by atoms with van der Waals surface area (Å²) >= 11 is 6.60. The van der Waals surface area contributed by atoms with Crippen molar-refractivity contribution in [2.45, 2.75) is 84.3 Å². The monoisotopic (exact) mass is 628 g/mol. The van der Waals surface area contributed by atoms with E-state index in [0.29, 0.717) is 17.0 Å². The molecule has 1 aliphatic heterocycles. The van der Waals surface area contributed by atoms with E-state index in [9.17, 15) is 19.2 Å². The second-order valence-electron chi connectivity index (χ2n) is 11.3. The molecular formula is C32H37ClO9Si. The first-order chi connectivity index (χ1) is 20.1. The van der Waals surface area contributed by atoms with Crippen LogP contribution in [0, 0.1) is 11.5 Å². The number of hydrogen-bond acceptors (Lipinski definition) is 9. The van der Waals surface area contributed by atoms with Crippen molar-refractivity contribution in [1.82, 2.24) is 0 Å². The number of halogens is 1. The maximum atomic E-state index is 12.2. The van der Waals surface area contributed by atoms with Crippen molar-refractivity contribution in [1.29, 1.82) is 0 Å². The maximum absolute atomic E-state index is 12.2. The van der Waals surface area contributed by atoms with Crippen LogP contribution in [-0.2, 0) is 49.3 Å². The zero-order chi connectivity index (χ0) is 31.9. The Morgan fingerprint density at radius 2 is 1.40 bits per heavy atom. The van der Waals surface area contributed by atoms with Crippen molar-refractivity contribution < 1.29 is 42.9 Å². The first kappa shape index (κ1) is 33.8. The number of ether oxygens (including phenoxy) is 5. The van der Waals surface area contributed by atoms with E-state index in [1.54, 1.807) is 12.1 Å². The highest BCUT2D eigenvalue weighted by molar-refractivity contribution is 6.83. The second-order valence-corrected chi connectivity index (χ2v) is 16.5. The minimum atomic E-state index is -1.50. The van der Waals surface area contributed by atoms with E-state index < -0.39 is 62.5 Å². The van der Waals surface area contributed by atoms with Crippen LogP contribution in [0.25, 0.3) is 0 Å². The van der Waals surface area contributed by atoms with Crippen molar-refractivity contribution in [3.63, 3.8) is 0 Å². The molecule has 5 atom stereocenters. The van der Waals surface area contributed by atoms with E-state index in [1.807, 2.05) is 30.3 Å². The zero-order valence-corrected chi connectivity index (χ0v) is 27.2. The van der Waals surface area contributed by atoms with Gasteiger partial charge in [0.15, 0.2) is 18.3 Å². The molecule has 2 aromatic carbocycles. The third kappa shape index (κ3) is 10.2. The van der Waals surface area contributed by atoms with Gasteiger partial charge < -0.3 is 23.7 Å². The molecule has 0 N–H and O–H groups in total. The summed E-state index contributed by atoms with van der Waals surface area (Å²) in [5.41, 5.74) is 6.63. The number of esters is 4. The SMILES string of the molecule is CC(=O)OC[C@H]1O[C@@H](c2ccc(Cl)c(Cc3ccc(C#C[Si](C)(C)C)cc3)c2)[C@H](OC(C)=O)[C@@H](OC(C)=O)[C@@H]1OC(C)=O. The average molecular weight is 629 g/mol. The van der Waals surface area contributed by atoms with E-state index in [4.69, 9.17) is 35.3 Å². The molecule has 0 aliphatic carbocycles. The Kier molecular flexibility index (Phi) is 11.6.